The van der Waals surface area contributed by atoms with Gasteiger partial charge >= 0.3 is 5.76 Å². The van der Waals surface area contributed by atoms with Crippen molar-refractivity contribution in [2.45, 2.75) is 11.8 Å². The normalized spacial score (nSPS) is 18.2. The molecule has 1 aromatic heterocycles. The number of aromatic nitrogens is 1. The third kappa shape index (κ3) is 1.59. The van der Waals surface area contributed by atoms with Crippen molar-refractivity contribution in [3.05, 3.63) is 34.3 Å². The minimum atomic E-state index is -0.421. The first kappa shape index (κ1) is 10.6. The summed E-state index contributed by atoms with van der Waals surface area (Å²) in [5.74, 6) is -0.421. The van der Waals surface area contributed by atoms with E-state index in [0.717, 1.165) is 17.5 Å². The molecule has 1 aromatic carbocycles. The smallest absolute Gasteiger partial charge is 0.408 e. The van der Waals surface area contributed by atoms with Gasteiger partial charge in [0.1, 0.15) is 0 Å². The van der Waals surface area contributed by atoms with Gasteiger partial charge in [-0.1, -0.05) is 6.07 Å². The zero-order valence-electron chi connectivity index (χ0n) is 9.36. The Balaban J connectivity index is 2.07. The third-order valence-electron chi connectivity index (χ3n) is 3.41. The van der Waals surface area contributed by atoms with Crippen molar-refractivity contribution >= 4 is 11.1 Å². The highest BCUT2D eigenvalue weighted by Crippen LogP contribution is 2.36. The summed E-state index contributed by atoms with van der Waals surface area (Å²) in [4.78, 5) is 13.8. The first-order chi connectivity index (χ1) is 8.23. The van der Waals surface area contributed by atoms with Crippen LogP contribution in [0.1, 0.15) is 12.0 Å². The number of oxazole rings is 1. The van der Waals surface area contributed by atoms with E-state index in [2.05, 4.69) is 4.98 Å². The van der Waals surface area contributed by atoms with Crippen LogP contribution in [-0.2, 0) is 10.2 Å². The summed E-state index contributed by atoms with van der Waals surface area (Å²) in [5.41, 5.74) is 8.13. The molecular weight excluding hydrogens is 220 g/mol. The van der Waals surface area contributed by atoms with Crippen molar-refractivity contribution < 1.29 is 9.15 Å². The molecule has 0 unspecified atom stereocenters. The van der Waals surface area contributed by atoms with Crippen LogP contribution in [0.3, 0.4) is 0 Å². The van der Waals surface area contributed by atoms with E-state index in [1.165, 1.54) is 0 Å². The standard InChI is InChI=1S/C12H14N2O3/c13-4-3-12(6-16-7-12)8-1-2-10-9(5-8)14-11(15)17-10/h1-2,5H,3-4,6-7,13H2,(H,14,15). The van der Waals surface area contributed by atoms with E-state index in [1.54, 1.807) is 0 Å². The van der Waals surface area contributed by atoms with Gasteiger partial charge in [0, 0.05) is 5.41 Å². The maximum Gasteiger partial charge on any atom is 0.417 e. The molecule has 2 aromatic rings. The molecule has 5 heteroatoms. The lowest BCUT2D eigenvalue weighted by Crippen LogP contribution is -2.48. The Bertz CT molecular complexity index is 595. The Morgan fingerprint density at radius 1 is 1.41 bits per heavy atom. The molecular formula is C12H14N2O3. The molecule has 0 atom stereocenters. The highest BCUT2D eigenvalue weighted by Gasteiger charge is 2.39. The van der Waals surface area contributed by atoms with E-state index in [4.69, 9.17) is 14.9 Å². The van der Waals surface area contributed by atoms with E-state index < -0.39 is 5.76 Å². The number of nitrogens with one attached hydrogen (secondary N) is 1. The van der Waals surface area contributed by atoms with E-state index in [9.17, 15) is 4.79 Å². The monoisotopic (exact) mass is 234 g/mol. The molecule has 17 heavy (non-hydrogen) atoms. The molecule has 0 spiro atoms. The summed E-state index contributed by atoms with van der Waals surface area (Å²) in [6.45, 7) is 2.01. The largest absolute Gasteiger partial charge is 0.417 e. The van der Waals surface area contributed by atoms with E-state index >= 15 is 0 Å². The molecule has 1 aliphatic rings. The highest BCUT2D eigenvalue weighted by molar-refractivity contribution is 5.73. The zero-order chi connectivity index (χ0) is 11.9. The minimum absolute atomic E-state index is 0.0110. The topological polar surface area (TPSA) is 81.2 Å². The number of rotatable bonds is 3. The summed E-state index contributed by atoms with van der Waals surface area (Å²) < 4.78 is 10.3. The van der Waals surface area contributed by atoms with Crippen LogP contribution in [0.2, 0.25) is 0 Å². The average molecular weight is 234 g/mol. The Kier molecular flexibility index (Phi) is 2.31. The predicted molar refractivity (Wildman–Crippen MR) is 63.0 cm³/mol. The lowest BCUT2D eigenvalue weighted by molar-refractivity contribution is -0.0630. The van der Waals surface area contributed by atoms with Gasteiger partial charge in [0.05, 0.1) is 18.7 Å². The molecule has 0 saturated carbocycles. The molecule has 90 valence electrons. The van der Waals surface area contributed by atoms with Crippen molar-refractivity contribution in [2.75, 3.05) is 19.8 Å². The summed E-state index contributed by atoms with van der Waals surface area (Å²) in [5, 5.41) is 0. The Labute approximate surface area is 97.6 Å². The van der Waals surface area contributed by atoms with Crippen LogP contribution >= 0.6 is 0 Å². The van der Waals surface area contributed by atoms with E-state index in [1.807, 2.05) is 18.2 Å². The highest BCUT2D eigenvalue weighted by atomic mass is 16.5. The zero-order valence-corrected chi connectivity index (χ0v) is 9.36. The SMILES string of the molecule is NCCC1(c2ccc3oc(=O)[nH]c3c2)COC1. The van der Waals surface area contributed by atoms with Gasteiger partial charge in [-0.25, -0.2) is 4.79 Å². The molecule has 0 aliphatic carbocycles. The molecule has 0 bridgehead atoms. The summed E-state index contributed by atoms with van der Waals surface area (Å²) in [6, 6.07) is 5.76. The predicted octanol–water partition coefficient (Wildman–Crippen LogP) is 0.738. The number of aromatic amines is 1. The molecule has 3 rings (SSSR count). The molecule has 0 radical (unpaired) electrons. The average Bonchev–Trinajstić information content (AvgIpc) is 2.62. The fourth-order valence-electron chi connectivity index (χ4n) is 2.36. The van der Waals surface area contributed by atoms with Crippen LogP contribution in [0.5, 0.6) is 0 Å². The molecule has 5 nitrogen and oxygen atoms in total. The molecule has 3 N–H and O–H groups in total. The quantitative estimate of drug-likeness (QED) is 0.820. The van der Waals surface area contributed by atoms with Crippen molar-refractivity contribution in [2.24, 2.45) is 5.73 Å². The van der Waals surface area contributed by atoms with Crippen LogP contribution in [-0.4, -0.2) is 24.7 Å². The van der Waals surface area contributed by atoms with Crippen molar-refractivity contribution in [1.82, 2.24) is 4.98 Å². The lowest BCUT2D eigenvalue weighted by atomic mass is 9.76. The molecule has 1 fully saturated rings. The van der Waals surface area contributed by atoms with Crippen LogP contribution in [0.4, 0.5) is 0 Å². The van der Waals surface area contributed by atoms with Gasteiger partial charge in [-0.15, -0.1) is 0 Å². The van der Waals surface area contributed by atoms with Gasteiger partial charge in [0.15, 0.2) is 5.58 Å². The fourth-order valence-corrected chi connectivity index (χ4v) is 2.36. The number of nitrogens with two attached hydrogens (primary N) is 1. The van der Waals surface area contributed by atoms with Crippen molar-refractivity contribution in [3.8, 4) is 0 Å². The summed E-state index contributed by atoms with van der Waals surface area (Å²) in [7, 11) is 0. The fraction of sp³-hybridized carbons (Fsp3) is 0.417. The first-order valence-electron chi connectivity index (χ1n) is 5.65. The van der Waals surface area contributed by atoms with Gasteiger partial charge in [0.2, 0.25) is 0 Å². The van der Waals surface area contributed by atoms with Gasteiger partial charge in [-0.2, -0.15) is 0 Å². The Hall–Kier alpha value is -1.59. The summed E-state index contributed by atoms with van der Waals surface area (Å²) in [6.07, 6.45) is 0.889. The van der Waals surface area contributed by atoms with Crippen molar-refractivity contribution in [1.29, 1.82) is 0 Å². The number of benzene rings is 1. The third-order valence-corrected chi connectivity index (χ3v) is 3.41. The number of H-pyrrole nitrogens is 1. The number of hydrogen-bond acceptors (Lipinski definition) is 4. The van der Waals surface area contributed by atoms with E-state index in [-0.39, 0.29) is 5.41 Å². The number of fused-ring (bicyclic) bond motifs is 1. The Morgan fingerprint density at radius 3 is 2.88 bits per heavy atom. The molecule has 0 amide bonds. The van der Waals surface area contributed by atoms with Crippen LogP contribution in [0, 0.1) is 0 Å². The Morgan fingerprint density at radius 2 is 2.24 bits per heavy atom. The summed E-state index contributed by atoms with van der Waals surface area (Å²) >= 11 is 0. The number of ether oxygens (including phenoxy) is 1. The lowest BCUT2D eigenvalue weighted by Gasteiger charge is -2.41. The molecule has 2 heterocycles. The van der Waals surface area contributed by atoms with Gasteiger partial charge < -0.3 is 14.9 Å². The van der Waals surface area contributed by atoms with Crippen LogP contribution in [0.15, 0.2) is 27.4 Å². The maximum absolute atomic E-state index is 11.1. The number of hydrogen-bond donors (Lipinski definition) is 2. The molecule has 1 saturated heterocycles. The van der Waals surface area contributed by atoms with E-state index in [0.29, 0.717) is 25.3 Å². The second-order valence-electron chi connectivity index (χ2n) is 4.54. The van der Waals surface area contributed by atoms with Crippen molar-refractivity contribution in [3.63, 3.8) is 0 Å². The van der Waals surface area contributed by atoms with Gasteiger partial charge in [-0.3, -0.25) is 4.98 Å². The maximum atomic E-state index is 11.1. The molecule has 1 aliphatic heterocycles. The second kappa shape index (κ2) is 3.72. The van der Waals surface area contributed by atoms with Gasteiger partial charge in [-0.05, 0) is 30.7 Å². The second-order valence-corrected chi connectivity index (χ2v) is 4.54. The minimum Gasteiger partial charge on any atom is -0.408 e. The van der Waals surface area contributed by atoms with Crippen LogP contribution < -0.4 is 11.5 Å². The first-order valence-corrected chi connectivity index (χ1v) is 5.65. The van der Waals surface area contributed by atoms with Gasteiger partial charge in [0.25, 0.3) is 0 Å². The van der Waals surface area contributed by atoms with Crippen LogP contribution in [0.25, 0.3) is 11.1 Å².